The van der Waals surface area contributed by atoms with E-state index in [9.17, 15) is 9.50 Å². The molecule has 1 atom stereocenters. The minimum absolute atomic E-state index is 0.378. The zero-order valence-electron chi connectivity index (χ0n) is 10.0. The number of para-hydroxylation sites is 1. The van der Waals surface area contributed by atoms with Gasteiger partial charge in [0.2, 0.25) is 0 Å². The highest BCUT2D eigenvalue weighted by atomic mass is 19.1. The summed E-state index contributed by atoms with van der Waals surface area (Å²) in [6, 6.07) is 10.2. The summed E-state index contributed by atoms with van der Waals surface area (Å²) < 4.78 is 17.9. The number of hydrogen-bond acceptors (Lipinski definition) is 3. The quantitative estimate of drug-likeness (QED) is 0.902. The lowest BCUT2D eigenvalue weighted by Gasteiger charge is -2.12. The van der Waals surface area contributed by atoms with Crippen molar-refractivity contribution in [2.24, 2.45) is 0 Å². The maximum atomic E-state index is 12.7. The largest absolute Gasteiger partial charge is 0.496 e. The van der Waals surface area contributed by atoms with Crippen molar-refractivity contribution in [3.05, 3.63) is 59.7 Å². The molecule has 0 saturated heterocycles. The van der Waals surface area contributed by atoms with E-state index >= 15 is 0 Å². The molecule has 2 rings (SSSR count). The Balaban J connectivity index is 2.15. The average molecular weight is 247 g/mol. The van der Waals surface area contributed by atoms with E-state index in [1.807, 2.05) is 24.3 Å². The molecule has 0 spiro atoms. The van der Waals surface area contributed by atoms with Gasteiger partial charge in [0.05, 0.1) is 19.0 Å². The molecular formula is C14H14FNO2. The van der Waals surface area contributed by atoms with Crippen LogP contribution in [-0.2, 0) is 6.42 Å². The van der Waals surface area contributed by atoms with Crippen LogP contribution in [-0.4, -0.2) is 17.2 Å². The highest BCUT2D eigenvalue weighted by Gasteiger charge is 2.12. The molecule has 1 heterocycles. The van der Waals surface area contributed by atoms with Crippen LogP contribution < -0.4 is 4.74 Å². The normalized spacial score (nSPS) is 12.2. The van der Waals surface area contributed by atoms with E-state index < -0.39 is 11.9 Å². The molecule has 0 amide bonds. The predicted octanol–water partition coefficient (Wildman–Crippen LogP) is 2.51. The number of aromatic nitrogens is 1. The number of methoxy groups -OCH3 is 1. The lowest BCUT2D eigenvalue weighted by molar-refractivity contribution is 0.172. The molecule has 0 fully saturated rings. The number of aliphatic hydroxyl groups is 1. The number of hydrogen-bond donors (Lipinski definition) is 1. The van der Waals surface area contributed by atoms with E-state index in [-0.39, 0.29) is 0 Å². The van der Waals surface area contributed by atoms with Crippen LogP contribution in [0.15, 0.2) is 42.6 Å². The smallest absolute Gasteiger partial charge is 0.141 e. The molecule has 2 aromatic rings. The van der Waals surface area contributed by atoms with Gasteiger partial charge in [0.1, 0.15) is 17.7 Å². The van der Waals surface area contributed by atoms with Gasteiger partial charge in [-0.05, 0) is 23.8 Å². The number of benzene rings is 1. The molecule has 0 aliphatic rings. The van der Waals surface area contributed by atoms with Crippen LogP contribution in [0.25, 0.3) is 0 Å². The Morgan fingerprint density at radius 3 is 2.72 bits per heavy atom. The molecule has 4 heteroatoms. The second-order valence-electron chi connectivity index (χ2n) is 3.93. The van der Waals surface area contributed by atoms with Crippen LogP contribution in [0.4, 0.5) is 4.39 Å². The standard InChI is InChI=1S/C14H14FNO2/c1-18-14-5-3-2-4-10(14)8-13(17)12-7-6-11(15)9-16-12/h2-7,9,13,17H,8H2,1H3. The lowest BCUT2D eigenvalue weighted by atomic mass is 10.0. The van der Waals surface area contributed by atoms with Crippen molar-refractivity contribution in [1.29, 1.82) is 0 Å². The Bertz CT molecular complexity index is 513. The van der Waals surface area contributed by atoms with Gasteiger partial charge in [0.25, 0.3) is 0 Å². The van der Waals surface area contributed by atoms with Gasteiger partial charge in [-0.3, -0.25) is 4.98 Å². The first kappa shape index (κ1) is 12.5. The topological polar surface area (TPSA) is 42.4 Å². The highest BCUT2D eigenvalue weighted by molar-refractivity contribution is 5.34. The van der Waals surface area contributed by atoms with E-state index in [0.29, 0.717) is 12.1 Å². The van der Waals surface area contributed by atoms with Crippen molar-refractivity contribution in [1.82, 2.24) is 4.98 Å². The van der Waals surface area contributed by atoms with Crippen molar-refractivity contribution < 1.29 is 14.2 Å². The van der Waals surface area contributed by atoms with Crippen LogP contribution >= 0.6 is 0 Å². The van der Waals surface area contributed by atoms with Crippen LogP contribution in [0.5, 0.6) is 5.75 Å². The van der Waals surface area contributed by atoms with Crippen LogP contribution in [0, 0.1) is 5.82 Å². The summed E-state index contributed by atoms with van der Waals surface area (Å²) in [5, 5.41) is 10.0. The van der Waals surface area contributed by atoms with E-state index in [1.54, 1.807) is 7.11 Å². The molecule has 1 aromatic carbocycles. The van der Waals surface area contributed by atoms with Gasteiger partial charge >= 0.3 is 0 Å². The average Bonchev–Trinajstić information content (AvgIpc) is 2.40. The first-order valence-corrected chi connectivity index (χ1v) is 5.62. The molecule has 1 unspecified atom stereocenters. The maximum Gasteiger partial charge on any atom is 0.141 e. The number of pyridine rings is 1. The molecule has 0 radical (unpaired) electrons. The van der Waals surface area contributed by atoms with Crippen molar-refractivity contribution >= 4 is 0 Å². The number of ether oxygens (including phenoxy) is 1. The van der Waals surface area contributed by atoms with Gasteiger partial charge in [0, 0.05) is 6.42 Å². The second kappa shape index (κ2) is 5.60. The molecule has 0 aliphatic heterocycles. The molecule has 94 valence electrons. The minimum atomic E-state index is -0.776. The third-order valence-electron chi connectivity index (χ3n) is 2.70. The summed E-state index contributed by atoms with van der Waals surface area (Å²) in [6.07, 6.45) is 0.700. The SMILES string of the molecule is COc1ccccc1CC(O)c1ccc(F)cn1. The summed E-state index contributed by atoms with van der Waals surface area (Å²) in [5.74, 6) is 0.307. The minimum Gasteiger partial charge on any atom is -0.496 e. The van der Waals surface area contributed by atoms with Gasteiger partial charge in [0.15, 0.2) is 0 Å². The van der Waals surface area contributed by atoms with Crippen LogP contribution in [0.2, 0.25) is 0 Å². The van der Waals surface area contributed by atoms with E-state index in [2.05, 4.69) is 4.98 Å². The summed E-state index contributed by atoms with van der Waals surface area (Å²) in [6.45, 7) is 0. The Hall–Kier alpha value is -1.94. The fourth-order valence-electron chi connectivity index (χ4n) is 1.77. The summed E-state index contributed by atoms with van der Waals surface area (Å²) in [4.78, 5) is 3.86. The molecule has 0 bridgehead atoms. The summed E-state index contributed by atoms with van der Waals surface area (Å²) in [5.41, 5.74) is 1.33. The van der Waals surface area contributed by atoms with Crippen molar-refractivity contribution in [2.75, 3.05) is 7.11 Å². The molecule has 0 saturated carbocycles. The molecule has 3 nitrogen and oxygen atoms in total. The number of nitrogens with zero attached hydrogens (tertiary/aromatic N) is 1. The Morgan fingerprint density at radius 2 is 2.06 bits per heavy atom. The lowest BCUT2D eigenvalue weighted by Crippen LogP contribution is -2.05. The fraction of sp³-hybridized carbons (Fsp3) is 0.214. The Labute approximate surface area is 105 Å². The fourth-order valence-corrected chi connectivity index (χ4v) is 1.77. The van der Waals surface area contributed by atoms with E-state index in [4.69, 9.17) is 4.74 Å². The highest BCUT2D eigenvalue weighted by Crippen LogP contribution is 2.23. The molecule has 1 N–H and O–H groups in total. The van der Waals surface area contributed by atoms with Gasteiger partial charge < -0.3 is 9.84 Å². The second-order valence-corrected chi connectivity index (χ2v) is 3.93. The van der Waals surface area contributed by atoms with Crippen molar-refractivity contribution in [3.63, 3.8) is 0 Å². The number of rotatable bonds is 4. The molecule has 18 heavy (non-hydrogen) atoms. The van der Waals surface area contributed by atoms with Crippen molar-refractivity contribution in [3.8, 4) is 5.75 Å². The van der Waals surface area contributed by atoms with Crippen LogP contribution in [0.1, 0.15) is 17.4 Å². The van der Waals surface area contributed by atoms with E-state index in [0.717, 1.165) is 17.5 Å². The first-order valence-electron chi connectivity index (χ1n) is 5.62. The first-order chi connectivity index (χ1) is 8.70. The van der Waals surface area contributed by atoms with Crippen molar-refractivity contribution in [2.45, 2.75) is 12.5 Å². The van der Waals surface area contributed by atoms with Gasteiger partial charge in [-0.2, -0.15) is 0 Å². The zero-order chi connectivity index (χ0) is 13.0. The number of halogens is 1. The summed E-state index contributed by atoms with van der Waals surface area (Å²) >= 11 is 0. The maximum absolute atomic E-state index is 12.7. The van der Waals surface area contributed by atoms with Gasteiger partial charge in [-0.25, -0.2) is 4.39 Å². The molecular weight excluding hydrogens is 233 g/mol. The Morgan fingerprint density at radius 1 is 1.28 bits per heavy atom. The molecule has 1 aromatic heterocycles. The molecule has 0 aliphatic carbocycles. The monoisotopic (exact) mass is 247 g/mol. The van der Waals surface area contributed by atoms with Crippen LogP contribution in [0.3, 0.4) is 0 Å². The summed E-state index contributed by atoms with van der Waals surface area (Å²) in [7, 11) is 1.58. The van der Waals surface area contributed by atoms with Gasteiger partial charge in [-0.15, -0.1) is 0 Å². The predicted molar refractivity (Wildman–Crippen MR) is 65.9 cm³/mol. The number of aliphatic hydroxyl groups excluding tert-OH is 1. The van der Waals surface area contributed by atoms with Gasteiger partial charge in [-0.1, -0.05) is 18.2 Å². The third-order valence-corrected chi connectivity index (χ3v) is 2.70. The Kier molecular flexibility index (Phi) is 3.89. The zero-order valence-corrected chi connectivity index (χ0v) is 10.0. The third kappa shape index (κ3) is 2.84. The van der Waals surface area contributed by atoms with E-state index in [1.165, 1.54) is 12.1 Å².